The Morgan fingerprint density at radius 3 is 2.89 bits per heavy atom. The van der Waals surface area contributed by atoms with E-state index in [-0.39, 0.29) is 6.04 Å². The monoisotopic (exact) mass is 257 g/mol. The molecule has 3 rings (SSSR count). The Labute approximate surface area is 113 Å². The van der Waals surface area contributed by atoms with Gasteiger partial charge in [0.05, 0.1) is 6.04 Å². The molecule has 1 aromatic heterocycles. The first kappa shape index (κ1) is 12.3. The molecule has 0 radical (unpaired) electrons. The van der Waals surface area contributed by atoms with Crippen molar-refractivity contribution < 1.29 is 9.52 Å². The number of nitrogens with one attached hydrogen (secondary N) is 1. The molecule has 100 valence electrons. The number of phenolic OH excluding ortho intramolecular Hbond substituents is 1. The first-order valence-corrected chi connectivity index (χ1v) is 6.78. The van der Waals surface area contributed by atoms with Crippen LogP contribution >= 0.6 is 0 Å². The number of aromatic hydroxyl groups is 1. The molecule has 2 N–H and O–H groups in total. The van der Waals surface area contributed by atoms with Gasteiger partial charge in [-0.15, -0.1) is 0 Å². The summed E-state index contributed by atoms with van der Waals surface area (Å²) >= 11 is 0. The van der Waals surface area contributed by atoms with Crippen molar-refractivity contribution in [1.82, 2.24) is 5.32 Å². The summed E-state index contributed by atoms with van der Waals surface area (Å²) in [6, 6.07) is 10.2. The number of aryl methyl sites for hydroxylation is 1. The first-order chi connectivity index (χ1) is 9.15. The lowest BCUT2D eigenvalue weighted by atomic mass is 10.1. The van der Waals surface area contributed by atoms with Crippen molar-refractivity contribution in [3.8, 4) is 5.75 Å². The van der Waals surface area contributed by atoms with E-state index in [2.05, 4.69) is 18.3 Å². The van der Waals surface area contributed by atoms with Crippen LogP contribution in [0.1, 0.15) is 48.1 Å². The van der Waals surface area contributed by atoms with Crippen LogP contribution in [0.2, 0.25) is 0 Å². The minimum Gasteiger partial charge on any atom is -0.508 e. The Bertz CT molecular complexity index is 588. The lowest BCUT2D eigenvalue weighted by Gasteiger charge is -2.19. The average Bonchev–Trinajstić information content (AvgIpc) is 2.98. The zero-order valence-electron chi connectivity index (χ0n) is 11.3. The molecule has 0 amide bonds. The van der Waals surface area contributed by atoms with Gasteiger partial charge in [0.1, 0.15) is 17.3 Å². The molecule has 2 atom stereocenters. The van der Waals surface area contributed by atoms with Crippen LogP contribution in [-0.4, -0.2) is 5.11 Å². The summed E-state index contributed by atoms with van der Waals surface area (Å²) in [4.78, 5) is 0. The van der Waals surface area contributed by atoms with Crippen molar-refractivity contribution in [1.29, 1.82) is 0 Å². The second-order valence-corrected chi connectivity index (χ2v) is 5.27. The number of rotatable bonds is 3. The van der Waals surface area contributed by atoms with Gasteiger partial charge >= 0.3 is 0 Å². The van der Waals surface area contributed by atoms with E-state index in [0.29, 0.717) is 11.8 Å². The smallest absolute Gasteiger partial charge is 0.120 e. The molecule has 0 spiro atoms. The van der Waals surface area contributed by atoms with E-state index >= 15 is 0 Å². The summed E-state index contributed by atoms with van der Waals surface area (Å²) in [5.74, 6) is 2.32. The van der Waals surface area contributed by atoms with E-state index in [9.17, 15) is 5.11 Å². The highest BCUT2D eigenvalue weighted by molar-refractivity contribution is 5.44. The van der Waals surface area contributed by atoms with Crippen LogP contribution < -0.4 is 5.32 Å². The molecule has 0 bridgehead atoms. The normalized spacial score (nSPS) is 19.4. The quantitative estimate of drug-likeness (QED) is 0.882. The molecule has 2 aromatic rings. The van der Waals surface area contributed by atoms with Crippen LogP contribution in [0, 0.1) is 6.92 Å². The Morgan fingerprint density at radius 1 is 1.32 bits per heavy atom. The van der Waals surface area contributed by atoms with Crippen LogP contribution in [0.15, 0.2) is 34.7 Å². The first-order valence-electron chi connectivity index (χ1n) is 6.78. The Morgan fingerprint density at radius 2 is 2.16 bits per heavy atom. The van der Waals surface area contributed by atoms with Gasteiger partial charge < -0.3 is 14.8 Å². The summed E-state index contributed by atoms with van der Waals surface area (Å²) in [7, 11) is 0. The fourth-order valence-electron chi connectivity index (χ4n) is 2.88. The van der Waals surface area contributed by atoms with Gasteiger partial charge in [0.25, 0.3) is 0 Å². The number of phenols is 1. The number of benzene rings is 1. The maximum absolute atomic E-state index is 9.86. The van der Waals surface area contributed by atoms with Crippen molar-refractivity contribution in [2.75, 3.05) is 0 Å². The van der Waals surface area contributed by atoms with Gasteiger partial charge in [-0.05, 0) is 56.0 Å². The van der Waals surface area contributed by atoms with Crippen molar-refractivity contribution in [3.05, 3.63) is 53.0 Å². The molecule has 0 saturated heterocycles. The third-order valence-electron chi connectivity index (χ3n) is 3.89. The molecule has 1 aromatic carbocycles. The average molecular weight is 257 g/mol. The molecule has 3 heteroatoms. The molecule has 19 heavy (non-hydrogen) atoms. The van der Waals surface area contributed by atoms with E-state index in [1.54, 1.807) is 6.07 Å². The highest BCUT2D eigenvalue weighted by Crippen LogP contribution is 2.37. The lowest BCUT2D eigenvalue weighted by molar-refractivity contribution is 0.382. The minimum atomic E-state index is 0.173. The van der Waals surface area contributed by atoms with Gasteiger partial charge in [-0.2, -0.15) is 0 Å². The van der Waals surface area contributed by atoms with Gasteiger partial charge in [0.2, 0.25) is 0 Å². The molecule has 0 fully saturated rings. The van der Waals surface area contributed by atoms with Crippen LogP contribution in [0.4, 0.5) is 0 Å². The second-order valence-electron chi connectivity index (χ2n) is 5.27. The van der Waals surface area contributed by atoms with Crippen LogP contribution in [0.5, 0.6) is 5.75 Å². The van der Waals surface area contributed by atoms with Gasteiger partial charge in [0.15, 0.2) is 0 Å². The third-order valence-corrected chi connectivity index (χ3v) is 3.89. The second kappa shape index (κ2) is 4.74. The molecule has 0 saturated carbocycles. The Hall–Kier alpha value is -1.74. The SMILES string of the molecule is Cc1ccc(C(C)NC2CCc3c(O)cccc32)o1. The zero-order valence-corrected chi connectivity index (χ0v) is 11.3. The Kier molecular flexibility index (Phi) is 3.07. The largest absolute Gasteiger partial charge is 0.508 e. The lowest BCUT2D eigenvalue weighted by Crippen LogP contribution is -2.22. The highest BCUT2D eigenvalue weighted by atomic mass is 16.3. The van der Waals surface area contributed by atoms with Gasteiger partial charge in [-0.25, -0.2) is 0 Å². The molecule has 1 aliphatic carbocycles. The van der Waals surface area contributed by atoms with Gasteiger partial charge in [-0.3, -0.25) is 0 Å². The molecular weight excluding hydrogens is 238 g/mol. The molecule has 0 aliphatic heterocycles. The fraction of sp³-hybridized carbons (Fsp3) is 0.375. The summed E-state index contributed by atoms with van der Waals surface area (Å²) in [5.41, 5.74) is 2.30. The minimum absolute atomic E-state index is 0.173. The van der Waals surface area contributed by atoms with E-state index in [4.69, 9.17) is 4.42 Å². The summed E-state index contributed by atoms with van der Waals surface area (Å²) in [6.07, 6.45) is 1.96. The number of hydrogen-bond donors (Lipinski definition) is 2. The Balaban J connectivity index is 1.78. The molecule has 1 heterocycles. The summed E-state index contributed by atoms with van der Waals surface area (Å²) in [6.45, 7) is 4.07. The molecular formula is C16H19NO2. The van der Waals surface area contributed by atoms with E-state index in [0.717, 1.165) is 29.9 Å². The van der Waals surface area contributed by atoms with Crippen molar-refractivity contribution in [3.63, 3.8) is 0 Å². The number of fused-ring (bicyclic) bond motifs is 1. The zero-order chi connectivity index (χ0) is 13.4. The topological polar surface area (TPSA) is 45.4 Å². The van der Waals surface area contributed by atoms with Crippen molar-refractivity contribution >= 4 is 0 Å². The number of furan rings is 1. The summed E-state index contributed by atoms with van der Waals surface area (Å²) in [5, 5.41) is 13.4. The fourth-order valence-corrected chi connectivity index (χ4v) is 2.88. The van der Waals surface area contributed by atoms with E-state index in [1.165, 1.54) is 5.56 Å². The van der Waals surface area contributed by atoms with Crippen molar-refractivity contribution in [2.45, 2.75) is 38.8 Å². The van der Waals surface area contributed by atoms with Crippen LogP contribution in [0.3, 0.4) is 0 Å². The summed E-state index contributed by atoms with van der Waals surface area (Å²) < 4.78 is 5.66. The van der Waals surface area contributed by atoms with E-state index < -0.39 is 0 Å². The standard InChI is InChI=1S/C16H19NO2/c1-10-6-9-16(19-10)11(2)17-14-8-7-13-12(14)4-3-5-15(13)18/h3-6,9,11,14,17-18H,7-8H2,1-2H3. The van der Waals surface area contributed by atoms with Crippen LogP contribution in [-0.2, 0) is 6.42 Å². The maximum Gasteiger partial charge on any atom is 0.120 e. The molecule has 3 nitrogen and oxygen atoms in total. The molecule has 2 unspecified atom stereocenters. The third kappa shape index (κ3) is 2.26. The van der Waals surface area contributed by atoms with Gasteiger partial charge in [-0.1, -0.05) is 12.1 Å². The predicted molar refractivity (Wildman–Crippen MR) is 74.2 cm³/mol. The maximum atomic E-state index is 9.86. The van der Waals surface area contributed by atoms with Crippen LogP contribution in [0.25, 0.3) is 0 Å². The van der Waals surface area contributed by atoms with Crippen molar-refractivity contribution in [2.24, 2.45) is 0 Å². The van der Waals surface area contributed by atoms with Gasteiger partial charge in [0, 0.05) is 6.04 Å². The van der Waals surface area contributed by atoms with E-state index in [1.807, 2.05) is 25.1 Å². The predicted octanol–water partition coefficient (Wildman–Crippen LogP) is 3.63. The number of hydrogen-bond acceptors (Lipinski definition) is 3. The molecule has 1 aliphatic rings. The highest BCUT2D eigenvalue weighted by Gasteiger charge is 2.26.